The summed E-state index contributed by atoms with van der Waals surface area (Å²) in [6.07, 6.45) is 1.63. The first kappa shape index (κ1) is 11.7. The Hall–Kier alpha value is -1.74. The molecule has 0 amide bonds. The summed E-state index contributed by atoms with van der Waals surface area (Å²) in [6.45, 7) is 2.34. The van der Waals surface area contributed by atoms with Crippen LogP contribution in [0.2, 0.25) is 0 Å². The van der Waals surface area contributed by atoms with Crippen molar-refractivity contribution in [2.45, 2.75) is 6.92 Å². The summed E-state index contributed by atoms with van der Waals surface area (Å²) in [5, 5.41) is 7.67. The lowest BCUT2D eigenvalue weighted by atomic mass is 10.4. The van der Waals surface area contributed by atoms with Crippen molar-refractivity contribution in [3.8, 4) is 0 Å². The van der Waals surface area contributed by atoms with Gasteiger partial charge in [-0.25, -0.2) is 4.98 Å². The van der Waals surface area contributed by atoms with Gasteiger partial charge in [-0.2, -0.15) is 5.10 Å². The van der Waals surface area contributed by atoms with Crippen molar-refractivity contribution >= 4 is 46.5 Å². The first-order valence-electron chi connectivity index (χ1n) is 4.83. The summed E-state index contributed by atoms with van der Waals surface area (Å²) < 4.78 is 5.40. The Labute approximate surface area is 107 Å². The van der Waals surface area contributed by atoms with Gasteiger partial charge in [0.1, 0.15) is 5.65 Å². The fraction of sp³-hybridized carbons (Fsp3) is 0.250. The average molecular weight is 270 g/mol. The summed E-state index contributed by atoms with van der Waals surface area (Å²) in [5.74, 6) is 0.527. The van der Waals surface area contributed by atoms with E-state index < -0.39 is 0 Å². The molecule has 0 spiro atoms. The average Bonchev–Trinajstić information content (AvgIpc) is 2.74. The molecule has 0 bridgehead atoms. The predicted octanol–water partition coefficient (Wildman–Crippen LogP) is 1.25. The number of hydrogen-bond acceptors (Lipinski definition) is 6. The zero-order valence-corrected chi connectivity index (χ0v) is 10.5. The Morgan fingerprint density at radius 3 is 3.18 bits per heavy atom. The molecule has 2 rings (SSSR count). The molecule has 0 aliphatic carbocycles. The van der Waals surface area contributed by atoms with Crippen molar-refractivity contribution in [3.63, 3.8) is 0 Å². The van der Waals surface area contributed by atoms with E-state index >= 15 is 0 Å². The maximum absolute atomic E-state index is 5.06. The molecule has 0 aromatic carbocycles. The summed E-state index contributed by atoms with van der Waals surface area (Å²) in [7, 11) is 0. The van der Waals surface area contributed by atoms with E-state index in [1.165, 1.54) is 0 Å². The molecule has 0 radical (unpaired) electrons. The summed E-state index contributed by atoms with van der Waals surface area (Å²) >= 11 is 9.88. The largest absolute Gasteiger partial charge is 0.470 e. The zero-order chi connectivity index (χ0) is 12.3. The molecule has 0 saturated heterocycles. The van der Waals surface area contributed by atoms with Crippen LogP contribution in [0.5, 0.6) is 0 Å². The van der Waals surface area contributed by atoms with E-state index in [-0.39, 0.29) is 5.17 Å². The Morgan fingerprint density at radius 2 is 2.41 bits per heavy atom. The van der Waals surface area contributed by atoms with Gasteiger partial charge in [0, 0.05) is 0 Å². The second-order valence-corrected chi connectivity index (χ2v) is 3.78. The highest BCUT2D eigenvalue weighted by atomic mass is 32.1. The molecule has 90 valence electrons. The number of nitrogens with one attached hydrogen (secondary N) is 4. The van der Waals surface area contributed by atoms with Gasteiger partial charge in [-0.3, -0.25) is 16.0 Å². The van der Waals surface area contributed by atoms with E-state index in [0.29, 0.717) is 22.8 Å². The van der Waals surface area contributed by atoms with Gasteiger partial charge in [-0.15, -0.1) is 0 Å². The Balaban J connectivity index is 2.20. The number of hydrogen-bond donors (Lipinski definition) is 4. The third kappa shape index (κ3) is 2.68. The van der Waals surface area contributed by atoms with Crippen molar-refractivity contribution < 1.29 is 4.74 Å². The van der Waals surface area contributed by atoms with E-state index in [9.17, 15) is 0 Å². The topological polar surface area (TPSA) is 90.6 Å². The number of aromatic amines is 2. The quantitative estimate of drug-likeness (QED) is 0.493. The van der Waals surface area contributed by atoms with Gasteiger partial charge in [-0.1, -0.05) is 0 Å². The normalized spacial score (nSPS) is 10.2. The van der Waals surface area contributed by atoms with Crippen molar-refractivity contribution in [2.75, 3.05) is 12.0 Å². The lowest BCUT2D eigenvalue weighted by Gasteiger charge is -2.10. The fourth-order valence-electron chi connectivity index (χ4n) is 1.23. The van der Waals surface area contributed by atoms with Crippen LogP contribution in [0.1, 0.15) is 6.92 Å². The second kappa shape index (κ2) is 5.06. The number of aromatic nitrogens is 4. The molecule has 9 heteroatoms. The molecule has 4 N–H and O–H groups in total. The highest BCUT2D eigenvalue weighted by Gasteiger charge is 2.05. The number of fused-ring (bicyclic) bond motifs is 1. The molecule has 0 aliphatic heterocycles. The summed E-state index contributed by atoms with van der Waals surface area (Å²) in [4.78, 5) is 6.99. The first-order chi connectivity index (χ1) is 8.20. The minimum Gasteiger partial charge on any atom is -0.470 e. The molecule has 0 unspecified atom stereocenters. The summed E-state index contributed by atoms with van der Waals surface area (Å²) in [6, 6.07) is 0. The van der Waals surface area contributed by atoms with Gasteiger partial charge in [0.2, 0.25) is 0 Å². The number of H-pyrrole nitrogens is 2. The minimum absolute atomic E-state index is 0.240. The van der Waals surface area contributed by atoms with Crippen molar-refractivity contribution in [1.29, 1.82) is 0 Å². The standard InChI is InChI=1S/C8H10N6OS2/c1-2-15-8(17)14-13-6-4-3-9-12-5(4)10-7(16)11-6/h3H,2H2,1H3,(H,14,17)(H3,9,10,11,12,13,16). The molecule has 2 heterocycles. The van der Waals surface area contributed by atoms with Crippen LogP contribution in [-0.4, -0.2) is 31.9 Å². The molecule has 0 aliphatic rings. The maximum atomic E-state index is 5.06. The number of thiocarbonyl (C=S) groups is 1. The molecule has 0 atom stereocenters. The molecular formula is C8H10N6OS2. The number of nitrogens with zero attached hydrogens (tertiary/aromatic N) is 2. The van der Waals surface area contributed by atoms with Crippen LogP contribution < -0.4 is 10.9 Å². The molecule has 2 aromatic heterocycles. The van der Waals surface area contributed by atoms with E-state index in [0.717, 1.165) is 5.39 Å². The van der Waals surface area contributed by atoms with Gasteiger partial charge in [-0.05, 0) is 31.4 Å². The van der Waals surface area contributed by atoms with E-state index in [1.54, 1.807) is 6.20 Å². The SMILES string of the molecule is CCOC(=S)NNc1nc(=S)[nH]c2[nH]ncc12. The summed E-state index contributed by atoms with van der Waals surface area (Å²) in [5.41, 5.74) is 6.22. The van der Waals surface area contributed by atoms with Crippen LogP contribution in [-0.2, 0) is 4.74 Å². The van der Waals surface area contributed by atoms with Crippen LogP contribution in [0.15, 0.2) is 6.20 Å². The minimum atomic E-state index is 0.240. The van der Waals surface area contributed by atoms with Crippen molar-refractivity contribution in [3.05, 3.63) is 11.0 Å². The monoisotopic (exact) mass is 270 g/mol. The van der Waals surface area contributed by atoms with Gasteiger partial charge in [0.15, 0.2) is 10.6 Å². The number of rotatable bonds is 3. The second-order valence-electron chi connectivity index (χ2n) is 3.02. The Bertz CT molecular complexity index is 591. The predicted molar refractivity (Wildman–Crippen MR) is 70.1 cm³/mol. The van der Waals surface area contributed by atoms with E-state index in [4.69, 9.17) is 29.2 Å². The molecule has 0 saturated carbocycles. The number of hydrazine groups is 1. The zero-order valence-electron chi connectivity index (χ0n) is 8.90. The first-order valence-corrected chi connectivity index (χ1v) is 5.64. The molecule has 17 heavy (non-hydrogen) atoms. The van der Waals surface area contributed by atoms with Crippen LogP contribution >= 0.6 is 24.4 Å². The Kier molecular flexibility index (Phi) is 3.49. The number of anilines is 1. The van der Waals surface area contributed by atoms with Crippen LogP contribution in [0.4, 0.5) is 5.82 Å². The third-order valence-corrected chi connectivity index (χ3v) is 2.31. The van der Waals surface area contributed by atoms with Crippen molar-refractivity contribution in [1.82, 2.24) is 25.6 Å². The van der Waals surface area contributed by atoms with E-state index in [1.807, 2.05) is 6.92 Å². The van der Waals surface area contributed by atoms with Gasteiger partial charge in [0.05, 0.1) is 18.2 Å². The van der Waals surface area contributed by atoms with Crippen molar-refractivity contribution in [2.24, 2.45) is 0 Å². The van der Waals surface area contributed by atoms with Gasteiger partial charge < -0.3 is 9.72 Å². The highest BCUT2D eigenvalue weighted by Crippen LogP contribution is 2.15. The van der Waals surface area contributed by atoms with E-state index in [2.05, 4.69) is 31.0 Å². The maximum Gasteiger partial charge on any atom is 0.275 e. The molecule has 7 nitrogen and oxygen atoms in total. The van der Waals surface area contributed by atoms with Gasteiger partial charge in [0.25, 0.3) is 5.17 Å². The molecular weight excluding hydrogens is 260 g/mol. The smallest absolute Gasteiger partial charge is 0.275 e. The molecule has 0 fully saturated rings. The lowest BCUT2D eigenvalue weighted by Crippen LogP contribution is -2.30. The Morgan fingerprint density at radius 1 is 1.59 bits per heavy atom. The third-order valence-electron chi connectivity index (χ3n) is 1.90. The lowest BCUT2D eigenvalue weighted by molar-refractivity contribution is 0.323. The van der Waals surface area contributed by atoms with Crippen LogP contribution in [0.3, 0.4) is 0 Å². The number of ether oxygens (including phenoxy) is 1. The van der Waals surface area contributed by atoms with Gasteiger partial charge >= 0.3 is 0 Å². The van der Waals surface area contributed by atoms with Crippen LogP contribution in [0.25, 0.3) is 11.0 Å². The van der Waals surface area contributed by atoms with Crippen LogP contribution in [0, 0.1) is 4.77 Å². The highest BCUT2D eigenvalue weighted by molar-refractivity contribution is 7.80. The molecule has 2 aromatic rings. The fourth-order valence-corrected chi connectivity index (χ4v) is 1.59.